The number of benzene rings is 1. The number of hydrogen-bond acceptors (Lipinski definition) is 3. The fourth-order valence-corrected chi connectivity index (χ4v) is 2.80. The minimum Gasteiger partial charge on any atom is -0.479 e. The number of likely N-dealkylation sites (tertiary alicyclic amines) is 1. The molecule has 6 heteroatoms. The lowest BCUT2D eigenvalue weighted by Crippen LogP contribution is -2.51. The van der Waals surface area contributed by atoms with Crippen LogP contribution in [0, 0.1) is 0 Å². The molecule has 4 nitrogen and oxygen atoms in total. The van der Waals surface area contributed by atoms with Crippen LogP contribution in [0.3, 0.4) is 0 Å². The number of nitrogens with zero attached hydrogens (tertiary/aromatic N) is 1. The second-order valence-corrected chi connectivity index (χ2v) is 5.76. The van der Waals surface area contributed by atoms with E-state index in [0.29, 0.717) is 23.2 Å². The molecular formula is C16H24Cl2N2O2. The average molecular weight is 347 g/mol. The Balaban J connectivity index is 0.00000242. The summed E-state index contributed by atoms with van der Waals surface area (Å²) in [6, 6.07) is 7.65. The molecule has 2 atom stereocenters. The highest BCUT2D eigenvalue weighted by molar-refractivity contribution is 6.32. The van der Waals surface area contributed by atoms with Gasteiger partial charge in [0, 0.05) is 19.1 Å². The Morgan fingerprint density at radius 1 is 1.50 bits per heavy atom. The van der Waals surface area contributed by atoms with Crippen molar-refractivity contribution in [1.29, 1.82) is 0 Å². The van der Waals surface area contributed by atoms with Crippen LogP contribution >= 0.6 is 24.0 Å². The number of hydrogen-bond donors (Lipinski definition) is 1. The second-order valence-electron chi connectivity index (χ2n) is 5.36. The first kappa shape index (κ1) is 19.1. The summed E-state index contributed by atoms with van der Waals surface area (Å²) in [6.45, 7) is 3.51. The van der Waals surface area contributed by atoms with Crippen molar-refractivity contribution in [2.75, 3.05) is 20.1 Å². The predicted molar refractivity (Wildman–Crippen MR) is 92.1 cm³/mol. The van der Waals surface area contributed by atoms with Gasteiger partial charge in [-0.3, -0.25) is 4.79 Å². The third-order valence-corrected chi connectivity index (χ3v) is 4.21. The SMILES string of the molecule is CCC(Oc1ccccc1Cl)C(=O)N1CCCC(NC)C1.Cl. The number of para-hydroxylation sites is 1. The van der Waals surface area contributed by atoms with Crippen LogP contribution in [-0.2, 0) is 4.79 Å². The summed E-state index contributed by atoms with van der Waals surface area (Å²) in [5.41, 5.74) is 0. The number of carbonyl (C=O) groups excluding carboxylic acids is 1. The molecule has 1 N–H and O–H groups in total. The minimum atomic E-state index is -0.472. The van der Waals surface area contributed by atoms with Crippen LogP contribution in [0.1, 0.15) is 26.2 Å². The number of halogens is 2. The van der Waals surface area contributed by atoms with Crippen LogP contribution in [0.2, 0.25) is 5.02 Å². The summed E-state index contributed by atoms with van der Waals surface area (Å²) in [6.07, 6.45) is 2.30. The van der Waals surface area contributed by atoms with Crippen molar-refractivity contribution in [3.05, 3.63) is 29.3 Å². The van der Waals surface area contributed by atoms with Gasteiger partial charge in [0.15, 0.2) is 6.10 Å². The molecule has 0 spiro atoms. The highest BCUT2D eigenvalue weighted by Crippen LogP contribution is 2.25. The summed E-state index contributed by atoms with van der Waals surface area (Å²) in [5.74, 6) is 0.624. The van der Waals surface area contributed by atoms with Crippen LogP contribution in [0.25, 0.3) is 0 Å². The largest absolute Gasteiger partial charge is 0.479 e. The molecule has 1 aromatic carbocycles. The molecule has 1 heterocycles. The Labute approximate surface area is 143 Å². The number of ether oxygens (including phenoxy) is 1. The predicted octanol–water partition coefficient (Wildman–Crippen LogP) is 3.13. The fourth-order valence-electron chi connectivity index (χ4n) is 2.62. The Morgan fingerprint density at radius 2 is 2.23 bits per heavy atom. The maximum atomic E-state index is 12.6. The summed E-state index contributed by atoms with van der Waals surface area (Å²) < 4.78 is 5.83. The highest BCUT2D eigenvalue weighted by Gasteiger charge is 2.29. The molecular weight excluding hydrogens is 323 g/mol. The molecule has 1 fully saturated rings. The van der Waals surface area contributed by atoms with Crippen LogP contribution in [-0.4, -0.2) is 43.1 Å². The summed E-state index contributed by atoms with van der Waals surface area (Å²) >= 11 is 6.10. The molecule has 0 aliphatic carbocycles. The number of piperidine rings is 1. The lowest BCUT2D eigenvalue weighted by atomic mass is 10.0. The van der Waals surface area contributed by atoms with Crippen molar-refractivity contribution in [3.63, 3.8) is 0 Å². The normalized spacial score (nSPS) is 19.2. The van der Waals surface area contributed by atoms with E-state index in [0.717, 1.165) is 25.9 Å². The maximum Gasteiger partial charge on any atom is 0.263 e. The van der Waals surface area contributed by atoms with E-state index in [2.05, 4.69) is 5.32 Å². The molecule has 2 unspecified atom stereocenters. The minimum absolute atomic E-state index is 0. The highest BCUT2D eigenvalue weighted by atomic mass is 35.5. The van der Waals surface area contributed by atoms with Gasteiger partial charge in [-0.05, 0) is 38.4 Å². The van der Waals surface area contributed by atoms with E-state index in [1.165, 1.54) is 0 Å². The van der Waals surface area contributed by atoms with Crippen molar-refractivity contribution in [2.24, 2.45) is 0 Å². The third kappa shape index (κ3) is 4.77. The van der Waals surface area contributed by atoms with Crippen LogP contribution in [0.15, 0.2) is 24.3 Å². The monoisotopic (exact) mass is 346 g/mol. The number of likely N-dealkylation sites (N-methyl/N-ethyl adjacent to an activating group) is 1. The zero-order valence-corrected chi connectivity index (χ0v) is 14.6. The van der Waals surface area contributed by atoms with Crippen molar-refractivity contribution in [2.45, 2.75) is 38.3 Å². The molecule has 0 bridgehead atoms. The van der Waals surface area contributed by atoms with Gasteiger partial charge in [-0.2, -0.15) is 0 Å². The zero-order valence-electron chi connectivity index (χ0n) is 13.0. The molecule has 22 heavy (non-hydrogen) atoms. The molecule has 2 rings (SSSR count). The van der Waals surface area contributed by atoms with Crippen molar-refractivity contribution in [1.82, 2.24) is 10.2 Å². The Kier molecular flexibility index (Phi) is 8.01. The summed E-state index contributed by atoms with van der Waals surface area (Å²) in [4.78, 5) is 14.5. The van der Waals surface area contributed by atoms with Crippen LogP contribution in [0.5, 0.6) is 5.75 Å². The van der Waals surface area contributed by atoms with E-state index < -0.39 is 6.10 Å². The fraction of sp³-hybridized carbons (Fsp3) is 0.562. The average Bonchev–Trinajstić information content (AvgIpc) is 2.53. The second kappa shape index (κ2) is 9.23. The first-order valence-corrected chi connectivity index (χ1v) is 7.90. The van der Waals surface area contributed by atoms with Crippen molar-refractivity contribution >= 4 is 29.9 Å². The van der Waals surface area contributed by atoms with Crippen molar-refractivity contribution < 1.29 is 9.53 Å². The van der Waals surface area contributed by atoms with Gasteiger partial charge in [-0.1, -0.05) is 30.7 Å². The van der Waals surface area contributed by atoms with Crippen LogP contribution < -0.4 is 10.1 Å². The van der Waals surface area contributed by atoms with Gasteiger partial charge in [-0.25, -0.2) is 0 Å². The van der Waals surface area contributed by atoms with E-state index in [9.17, 15) is 4.79 Å². The van der Waals surface area contributed by atoms with Crippen LogP contribution in [0.4, 0.5) is 0 Å². The van der Waals surface area contributed by atoms with Gasteiger partial charge in [0.25, 0.3) is 5.91 Å². The van der Waals surface area contributed by atoms with Gasteiger partial charge >= 0.3 is 0 Å². The first-order chi connectivity index (χ1) is 10.2. The molecule has 1 aromatic rings. The van der Waals surface area contributed by atoms with E-state index in [1.54, 1.807) is 12.1 Å². The number of amides is 1. The maximum absolute atomic E-state index is 12.6. The van der Waals surface area contributed by atoms with Gasteiger partial charge in [0.2, 0.25) is 0 Å². The molecule has 0 saturated carbocycles. The van der Waals surface area contributed by atoms with E-state index in [-0.39, 0.29) is 18.3 Å². The Hall–Kier alpha value is -0.970. The smallest absolute Gasteiger partial charge is 0.263 e. The lowest BCUT2D eigenvalue weighted by Gasteiger charge is -2.34. The van der Waals surface area contributed by atoms with E-state index in [4.69, 9.17) is 16.3 Å². The number of nitrogens with one attached hydrogen (secondary N) is 1. The van der Waals surface area contributed by atoms with Gasteiger partial charge in [0.05, 0.1) is 5.02 Å². The Morgan fingerprint density at radius 3 is 2.86 bits per heavy atom. The van der Waals surface area contributed by atoms with E-state index >= 15 is 0 Å². The molecule has 1 aliphatic heterocycles. The molecule has 0 aromatic heterocycles. The molecule has 1 amide bonds. The number of rotatable bonds is 5. The zero-order chi connectivity index (χ0) is 15.2. The van der Waals surface area contributed by atoms with E-state index in [1.807, 2.05) is 31.0 Å². The first-order valence-electron chi connectivity index (χ1n) is 7.53. The summed E-state index contributed by atoms with van der Waals surface area (Å²) in [5, 5.41) is 3.79. The van der Waals surface area contributed by atoms with Gasteiger partial charge in [0.1, 0.15) is 5.75 Å². The Bertz CT molecular complexity index is 485. The third-order valence-electron chi connectivity index (χ3n) is 3.89. The number of carbonyl (C=O) groups is 1. The molecule has 1 saturated heterocycles. The standard InChI is InChI=1S/C16H23ClN2O2.ClH/c1-3-14(21-15-9-5-4-8-13(15)17)16(20)19-10-6-7-12(11-19)18-2;/h4-5,8-9,12,14,18H,3,6-7,10-11H2,1-2H3;1H. The topological polar surface area (TPSA) is 41.6 Å². The van der Waals surface area contributed by atoms with Crippen molar-refractivity contribution in [3.8, 4) is 5.75 Å². The van der Waals surface area contributed by atoms with Gasteiger partial charge < -0.3 is 15.0 Å². The molecule has 124 valence electrons. The summed E-state index contributed by atoms with van der Waals surface area (Å²) in [7, 11) is 1.94. The molecule has 0 radical (unpaired) electrons. The van der Waals surface area contributed by atoms with Gasteiger partial charge in [-0.15, -0.1) is 12.4 Å². The quantitative estimate of drug-likeness (QED) is 0.890. The molecule has 1 aliphatic rings. The lowest BCUT2D eigenvalue weighted by molar-refractivity contribution is -0.140.